The van der Waals surface area contributed by atoms with Gasteiger partial charge in [-0.1, -0.05) is 133 Å². The molecule has 0 spiro atoms. The van der Waals surface area contributed by atoms with Crippen LogP contribution in [0.3, 0.4) is 0 Å². The average Bonchev–Trinajstić information content (AvgIpc) is 2.92. The molecule has 0 unspecified atom stereocenters. The highest BCUT2D eigenvalue weighted by atomic mass is 32.5. The third-order valence-electron chi connectivity index (χ3n) is 6.61. The van der Waals surface area contributed by atoms with Gasteiger partial charge in [-0.25, -0.2) is 0 Å². The third-order valence-corrected chi connectivity index (χ3v) is 8.58. The van der Waals surface area contributed by atoms with Gasteiger partial charge in [0, 0.05) is 11.8 Å². The molecule has 3 rings (SSSR count). The van der Waals surface area contributed by atoms with Crippen LogP contribution in [0.2, 0.25) is 0 Å². The molecule has 0 heterocycles. The summed E-state index contributed by atoms with van der Waals surface area (Å²) in [7, 11) is 0. The Bertz CT molecular complexity index is 1010. The highest BCUT2D eigenvalue weighted by Crippen LogP contribution is 2.50. The molecule has 0 bridgehead atoms. The zero-order chi connectivity index (χ0) is 26.7. The van der Waals surface area contributed by atoms with Crippen molar-refractivity contribution in [3.05, 3.63) is 90.5 Å². The van der Waals surface area contributed by atoms with Crippen LogP contribution < -0.4 is 13.6 Å². The summed E-state index contributed by atoms with van der Waals surface area (Å²) in [5, 5.41) is 0. The van der Waals surface area contributed by atoms with Gasteiger partial charge < -0.3 is 13.6 Å². The number of hydrogen-bond donors (Lipinski definition) is 0. The minimum atomic E-state index is -3.13. The van der Waals surface area contributed by atoms with Crippen LogP contribution in [0.25, 0.3) is 0 Å². The second kappa shape index (κ2) is 18.1. The molecule has 0 amide bonds. The minimum absolute atomic E-state index is 0.634. The summed E-state index contributed by atoms with van der Waals surface area (Å²) in [5.41, 5.74) is 1.26. The Morgan fingerprint density at radius 1 is 0.500 bits per heavy atom. The van der Waals surface area contributed by atoms with Gasteiger partial charge in [-0.2, -0.15) is 0 Å². The zero-order valence-corrected chi connectivity index (χ0v) is 24.8. The summed E-state index contributed by atoms with van der Waals surface area (Å²) in [5.74, 6) is 1.96. The molecule has 0 radical (unpaired) electrons. The second-order valence-electron chi connectivity index (χ2n) is 9.99. The fraction of sp³-hybridized carbons (Fsp3) is 0.455. The van der Waals surface area contributed by atoms with Crippen LogP contribution in [0.4, 0.5) is 0 Å². The normalized spacial score (nSPS) is 11.3. The first-order valence-electron chi connectivity index (χ1n) is 14.5. The molecule has 5 heteroatoms. The lowest BCUT2D eigenvalue weighted by atomic mass is 10.0. The van der Waals surface area contributed by atoms with Gasteiger partial charge in [-0.15, -0.1) is 0 Å². The quantitative estimate of drug-likeness (QED) is 0.103. The van der Waals surface area contributed by atoms with Crippen molar-refractivity contribution in [1.82, 2.24) is 0 Å². The summed E-state index contributed by atoms with van der Waals surface area (Å²) in [6.07, 6.45) is 18.8. The predicted octanol–water partition coefficient (Wildman–Crippen LogP) is 11.1. The molecular weight excluding hydrogens is 507 g/mol. The smallest absolute Gasteiger partial charge is 0.407 e. The fourth-order valence-corrected chi connectivity index (χ4v) is 6.53. The van der Waals surface area contributed by atoms with E-state index in [1.807, 2.05) is 72.8 Å². The molecule has 206 valence electrons. The molecule has 0 aliphatic heterocycles. The van der Waals surface area contributed by atoms with E-state index in [9.17, 15) is 0 Å². The van der Waals surface area contributed by atoms with Gasteiger partial charge >= 0.3 is 6.72 Å². The van der Waals surface area contributed by atoms with E-state index in [2.05, 4.69) is 19.1 Å². The Morgan fingerprint density at radius 2 is 0.921 bits per heavy atom. The maximum atomic E-state index is 6.25. The molecule has 3 aromatic carbocycles. The van der Waals surface area contributed by atoms with E-state index in [-0.39, 0.29) is 0 Å². The standard InChI is InChI=1S/C33H45O3PS/c1-2-3-4-5-6-7-8-9-10-11-12-13-16-22-30-23-21-28-33(29-30)36-37(38,34-31-24-17-14-18-25-31)35-32-26-19-15-20-27-32/h14-15,17-21,23-29H,2-13,16,22H2,1H3. The summed E-state index contributed by atoms with van der Waals surface area (Å²) >= 11 is 5.83. The molecule has 3 nitrogen and oxygen atoms in total. The molecule has 3 aromatic rings. The van der Waals surface area contributed by atoms with Crippen molar-refractivity contribution < 1.29 is 13.6 Å². The Kier molecular flexibility index (Phi) is 14.4. The van der Waals surface area contributed by atoms with E-state index in [0.717, 1.165) is 6.42 Å². The number of unbranched alkanes of at least 4 members (excludes halogenated alkanes) is 12. The van der Waals surface area contributed by atoms with Crippen molar-refractivity contribution in [2.75, 3.05) is 0 Å². The molecule has 0 saturated heterocycles. The van der Waals surface area contributed by atoms with Crippen molar-refractivity contribution in [2.45, 2.75) is 96.8 Å². The fourth-order valence-electron chi connectivity index (χ4n) is 4.51. The van der Waals surface area contributed by atoms with Gasteiger partial charge in [-0.05, 0) is 54.8 Å². The van der Waals surface area contributed by atoms with Crippen molar-refractivity contribution in [2.24, 2.45) is 0 Å². The van der Waals surface area contributed by atoms with Gasteiger partial charge in [0.25, 0.3) is 0 Å². The molecule has 0 N–H and O–H groups in total. The van der Waals surface area contributed by atoms with Gasteiger partial charge in [0.2, 0.25) is 0 Å². The van der Waals surface area contributed by atoms with Crippen LogP contribution in [0.1, 0.15) is 96.0 Å². The molecule has 0 atom stereocenters. The predicted molar refractivity (Wildman–Crippen MR) is 165 cm³/mol. The van der Waals surface area contributed by atoms with Crippen LogP contribution in [-0.2, 0) is 18.2 Å². The van der Waals surface area contributed by atoms with Crippen LogP contribution in [-0.4, -0.2) is 0 Å². The minimum Gasteiger partial charge on any atom is -0.407 e. The first kappa shape index (κ1) is 30.3. The van der Waals surface area contributed by atoms with E-state index in [0.29, 0.717) is 17.2 Å². The van der Waals surface area contributed by atoms with Gasteiger partial charge in [0.1, 0.15) is 17.2 Å². The van der Waals surface area contributed by atoms with E-state index >= 15 is 0 Å². The van der Waals surface area contributed by atoms with Crippen molar-refractivity contribution in [3.63, 3.8) is 0 Å². The van der Waals surface area contributed by atoms with Crippen LogP contribution in [0, 0.1) is 0 Å². The summed E-state index contributed by atoms with van der Waals surface area (Å²) < 4.78 is 18.5. The summed E-state index contributed by atoms with van der Waals surface area (Å²) in [6.45, 7) is -0.850. The monoisotopic (exact) mass is 552 g/mol. The Labute approximate surface area is 236 Å². The van der Waals surface area contributed by atoms with E-state index in [4.69, 9.17) is 25.4 Å². The van der Waals surface area contributed by atoms with Gasteiger partial charge in [0.15, 0.2) is 0 Å². The first-order valence-corrected chi connectivity index (χ1v) is 17.1. The van der Waals surface area contributed by atoms with Crippen LogP contribution in [0.5, 0.6) is 17.2 Å². The number of rotatable bonds is 20. The Morgan fingerprint density at radius 3 is 1.42 bits per heavy atom. The highest BCUT2D eigenvalue weighted by molar-refractivity contribution is 8.08. The highest BCUT2D eigenvalue weighted by Gasteiger charge is 2.26. The molecule has 0 aromatic heterocycles. The third kappa shape index (κ3) is 12.5. The van der Waals surface area contributed by atoms with Crippen LogP contribution in [0.15, 0.2) is 84.9 Å². The Balaban J connectivity index is 1.41. The topological polar surface area (TPSA) is 27.7 Å². The molecule has 0 fully saturated rings. The largest absolute Gasteiger partial charge is 0.490 e. The SMILES string of the molecule is CCCCCCCCCCCCCCCc1cccc(OP(=S)(Oc2ccccc2)Oc2ccccc2)c1. The summed E-state index contributed by atoms with van der Waals surface area (Å²) in [4.78, 5) is 0. The lowest BCUT2D eigenvalue weighted by Crippen LogP contribution is -2.07. The molecule has 0 aliphatic carbocycles. The second-order valence-corrected chi connectivity index (χ2v) is 12.8. The van der Waals surface area contributed by atoms with Gasteiger partial charge in [0.05, 0.1) is 0 Å². The maximum Gasteiger partial charge on any atom is 0.490 e. The number of aryl methyl sites for hydroxylation is 1. The Hall–Kier alpha value is -2.29. The zero-order valence-electron chi connectivity index (χ0n) is 23.1. The van der Waals surface area contributed by atoms with E-state index in [1.165, 1.54) is 89.0 Å². The molecular formula is C33H45O3PS. The molecule has 0 aliphatic rings. The van der Waals surface area contributed by atoms with Crippen molar-refractivity contribution >= 4 is 18.5 Å². The number of benzene rings is 3. The van der Waals surface area contributed by atoms with E-state index < -0.39 is 6.72 Å². The first-order chi connectivity index (χ1) is 18.7. The van der Waals surface area contributed by atoms with Crippen molar-refractivity contribution in [3.8, 4) is 17.2 Å². The number of para-hydroxylation sites is 2. The van der Waals surface area contributed by atoms with Crippen molar-refractivity contribution in [1.29, 1.82) is 0 Å². The van der Waals surface area contributed by atoms with Gasteiger partial charge in [-0.3, -0.25) is 0 Å². The molecule has 38 heavy (non-hydrogen) atoms. The molecule has 0 saturated carbocycles. The van der Waals surface area contributed by atoms with E-state index in [1.54, 1.807) is 0 Å². The summed E-state index contributed by atoms with van der Waals surface area (Å²) in [6, 6.07) is 27.2. The van der Waals surface area contributed by atoms with Crippen LogP contribution >= 0.6 is 6.72 Å². The maximum absolute atomic E-state index is 6.25. The number of hydrogen-bond acceptors (Lipinski definition) is 4. The lowest BCUT2D eigenvalue weighted by Gasteiger charge is -2.23. The lowest BCUT2D eigenvalue weighted by molar-refractivity contribution is 0.384. The average molecular weight is 553 g/mol.